The molecule has 0 N–H and O–H groups in total. The number of hydrogen-bond acceptors (Lipinski definition) is 4. The van der Waals surface area contributed by atoms with Crippen molar-refractivity contribution in [2.75, 3.05) is 0 Å². The number of carbonyl (C=O) groups is 2. The van der Waals surface area contributed by atoms with Crippen LogP contribution in [0.5, 0.6) is 5.75 Å². The quantitative estimate of drug-likeness (QED) is 0.409. The molecule has 0 spiro atoms. The third-order valence-electron chi connectivity index (χ3n) is 5.10. The van der Waals surface area contributed by atoms with Crippen molar-refractivity contribution < 1.29 is 19.1 Å². The highest BCUT2D eigenvalue weighted by Gasteiger charge is 2.31. The summed E-state index contributed by atoms with van der Waals surface area (Å²) >= 11 is 11.9. The van der Waals surface area contributed by atoms with Crippen LogP contribution in [-0.4, -0.2) is 18.0 Å². The van der Waals surface area contributed by atoms with E-state index in [2.05, 4.69) is 20.8 Å². The van der Waals surface area contributed by atoms with Gasteiger partial charge in [-0.3, -0.25) is 9.59 Å². The molecule has 0 aromatic heterocycles. The molecule has 0 heterocycles. The van der Waals surface area contributed by atoms with Crippen molar-refractivity contribution >= 4 is 35.1 Å². The fourth-order valence-electron chi connectivity index (χ4n) is 3.41. The lowest BCUT2D eigenvalue weighted by Crippen LogP contribution is -2.30. The summed E-state index contributed by atoms with van der Waals surface area (Å²) in [7, 11) is 0. The topological polar surface area (TPSA) is 52.6 Å². The maximum absolute atomic E-state index is 12.0. The molecule has 1 aromatic carbocycles. The van der Waals surface area contributed by atoms with Crippen LogP contribution < -0.4 is 4.74 Å². The van der Waals surface area contributed by atoms with Crippen LogP contribution >= 0.6 is 23.2 Å². The lowest BCUT2D eigenvalue weighted by Gasteiger charge is -2.36. The van der Waals surface area contributed by atoms with E-state index in [1.807, 2.05) is 0 Å². The summed E-state index contributed by atoms with van der Waals surface area (Å²) in [5.74, 6) is 0.216. The summed E-state index contributed by atoms with van der Waals surface area (Å²) in [6, 6.07) is 4.85. The minimum atomic E-state index is -0.447. The maximum atomic E-state index is 12.0. The summed E-state index contributed by atoms with van der Waals surface area (Å²) in [6.45, 7) is 6.79. The molecule has 0 atom stereocenters. The van der Waals surface area contributed by atoms with E-state index in [1.165, 1.54) is 0 Å². The molecule has 1 aliphatic rings. The van der Waals surface area contributed by atoms with Gasteiger partial charge in [-0.25, -0.2) is 0 Å². The number of rotatable bonds is 6. The van der Waals surface area contributed by atoms with E-state index in [0.29, 0.717) is 22.8 Å². The molecule has 1 aliphatic carbocycles. The van der Waals surface area contributed by atoms with Gasteiger partial charge in [0, 0.05) is 12.8 Å². The van der Waals surface area contributed by atoms with Gasteiger partial charge in [0.1, 0.15) is 11.1 Å². The van der Waals surface area contributed by atoms with E-state index in [0.717, 1.165) is 25.7 Å². The molecule has 150 valence electrons. The molecule has 6 heteroatoms. The van der Waals surface area contributed by atoms with Crippen LogP contribution in [-0.2, 0) is 14.3 Å². The zero-order valence-electron chi connectivity index (χ0n) is 16.2. The Bertz CT molecular complexity index is 659. The highest BCUT2D eigenvalue weighted by atomic mass is 35.5. The van der Waals surface area contributed by atoms with Gasteiger partial charge >= 0.3 is 11.9 Å². The first-order chi connectivity index (χ1) is 12.7. The third-order valence-corrected chi connectivity index (χ3v) is 5.90. The average molecular weight is 415 g/mol. The van der Waals surface area contributed by atoms with Gasteiger partial charge in [0.2, 0.25) is 0 Å². The molecule has 0 saturated heterocycles. The lowest BCUT2D eigenvalue weighted by atomic mass is 9.72. The Hall–Kier alpha value is -1.26. The van der Waals surface area contributed by atoms with Gasteiger partial charge < -0.3 is 9.47 Å². The summed E-state index contributed by atoms with van der Waals surface area (Å²) in [6.07, 6.45) is 4.74. The monoisotopic (exact) mass is 414 g/mol. The Balaban J connectivity index is 1.66. The number of carbonyl (C=O) groups excluding carboxylic acids is 2. The van der Waals surface area contributed by atoms with Crippen molar-refractivity contribution in [1.29, 1.82) is 0 Å². The van der Waals surface area contributed by atoms with E-state index in [9.17, 15) is 9.59 Å². The molecule has 4 nitrogen and oxygen atoms in total. The molecular formula is C21H28Cl2O4. The Labute approximate surface area is 171 Å². The Morgan fingerprint density at radius 1 is 1.04 bits per heavy atom. The second kappa shape index (κ2) is 9.79. The van der Waals surface area contributed by atoms with Crippen molar-refractivity contribution in [3.63, 3.8) is 0 Å². The van der Waals surface area contributed by atoms with E-state index in [-0.39, 0.29) is 35.7 Å². The highest BCUT2D eigenvalue weighted by molar-refractivity contribution is 6.43. The predicted molar refractivity (Wildman–Crippen MR) is 107 cm³/mol. The molecule has 1 fully saturated rings. The molecule has 0 bridgehead atoms. The van der Waals surface area contributed by atoms with E-state index < -0.39 is 5.97 Å². The summed E-state index contributed by atoms with van der Waals surface area (Å²) in [5.41, 5.74) is 0.307. The minimum Gasteiger partial charge on any atom is -0.462 e. The SMILES string of the molecule is CC(C)(C)C1CCC(OC(=O)CCCC(=O)Oc2cccc(Cl)c2Cl)CC1. The number of ether oxygens (including phenoxy) is 2. The van der Waals surface area contributed by atoms with Gasteiger partial charge in [0.15, 0.2) is 5.75 Å². The number of esters is 2. The second-order valence-corrected chi connectivity index (χ2v) is 8.99. The Morgan fingerprint density at radius 2 is 1.67 bits per heavy atom. The van der Waals surface area contributed by atoms with Gasteiger partial charge in [-0.15, -0.1) is 0 Å². The van der Waals surface area contributed by atoms with Crippen molar-refractivity contribution in [3.8, 4) is 5.75 Å². The van der Waals surface area contributed by atoms with Gasteiger partial charge in [-0.1, -0.05) is 50.0 Å². The molecule has 27 heavy (non-hydrogen) atoms. The zero-order chi connectivity index (χ0) is 20.0. The van der Waals surface area contributed by atoms with E-state index in [1.54, 1.807) is 18.2 Å². The minimum absolute atomic E-state index is 0.00770. The summed E-state index contributed by atoms with van der Waals surface area (Å²) < 4.78 is 10.8. The number of hydrogen-bond donors (Lipinski definition) is 0. The third kappa shape index (κ3) is 7.00. The Kier molecular flexibility index (Phi) is 7.99. The summed E-state index contributed by atoms with van der Waals surface area (Å²) in [4.78, 5) is 23.9. The standard InChI is InChI=1S/C21H28Cl2O4/c1-21(2,3)14-10-12-15(13-11-14)26-18(24)8-5-9-19(25)27-17-7-4-6-16(22)20(17)23/h4,6-7,14-15H,5,8-13H2,1-3H3. The van der Waals surface area contributed by atoms with Crippen molar-refractivity contribution in [2.45, 2.75) is 71.8 Å². The van der Waals surface area contributed by atoms with Crippen LogP contribution in [0.3, 0.4) is 0 Å². The molecular weight excluding hydrogens is 387 g/mol. The lowest BCUT2D eigenvalue weighted by molar-refractivity contribution is -0.151. The average Bonchev–Trinajstić information content (AvgIpc) is 2.58. The Morgan fingerprint density at radius 3 is 2.30 bits per heavy atom. The normalized spacial score (nSPS) is 20.2. The van der Waals surface area contributed by atoms with Gasteiger partial charge in [-0.05, 0) is 55.6 Å². The maximum Gasteiger partial charge on any atom is 0.311 e. The van der Waals surface area contributed by atoms with Crippen molar-refractivity contribution in [2.24, 2.45) is 11.3 Å². The van der Waals surface area contributed by atoms with Gasteiger partial charge in [-0.2, -0.15) is 0 Å². The molecule has 0 radical (unpaired) electrons. The molecule has 0 aliphatic heterocycles. The first kappa shape index (κ1) is 22.0. The van der Waals surface area contributed by atoms with Crippen molar-refractivity contribution in [1.82, 2.24) is 0 Å². The van der Waals surface area contributed by atoms with Crippen molar-refractivity contribution in [3.05, 3.63) is 28.2 Å². The van der Waals surface area contributed by atoms with Crippen LogP contribution in [0.1, 0.15) is 65.7 Å². The first-order valence-corrected chi connectivity index (χ1v) is 10.3. The zero-order valence-corrected chi connectivity index (χ0v) is 17.7. The second-order valence-electron chi connectivity index (χ2n) is 8.21. The van der Waals surface area contributed by atoms with Gasteiger partial charge in [0.05, 0.1) is 5.02 Å². The fourth-order valence-corrected chi connectivity index (χ4v) is 3.74. The fraction of sp³-hybridized carbons (Fsp3) is 0.619. The predicted octanol–water partition coefficient (Wildman–Crippen LogP) is 6.22. The first-order valence-electron chi connectivity index (χ1n) is 9.51. The highest BCUT2D eigenvalue weighted by Crippen LogP contribution is 2.38. The van der Waals surface area contributed by atoms with E-state index >= 15 is 0 Å². The van der Waals surface area contributed by atoms with Crippen LogP contribution in [0.4, 0.5) is 0 Å². The smallest absolute Gasteiger partial charge is 0.311 e. The molecule has 0 unspecified atom stereocenters. The number of halogens is 2. The van der Waals surface area contributed by atoms with Gasteiger partial charge in [0.25, 0.3) is 0 Å². The molecule has 1 aromatic rings. The summed E-state index contributed by atoms with van der Waals surface area (Å²) in [5, 5.41) is 0.532. The van der Waals surface area contributed by atoms with Crippen LogP contribution in [0.2, 0.25) is 10.0 Å². The van der Waals surface area contributed by atoms with Crippen LogP contribution in [0.25, 0.3) is 0 Å². The number of benzene rings is 1. The van der Waals surface area contributed by atoms with E-state index in [4.69, 9.17) is 32.7 Å². The molecule has 0 amide bonds. The van der Waals surface area contributed by atoms with Crippen LogP contribution in [0.15, 0.2) is 18.2 Å². The van der Waals surface area contributed by atoms with Crippen LogP contribution in [0, 0.1) is 11.3 Å². The largest absolute Gasteiger partial charge is 0.462 e. The molecule has 1 saturated carbocycles. The molecule has 2 rings (SSSR count).